The molecule has 1 rings (SSSR count). The fraction of sp³-hybridized carbons (Fsp3) is 0.809. The molecule has 326 valence electrons. The van der Waals surface area contributed by atoms with Crippen molar-refractivity contribution in [2.45, 2.75) is 230 Å². The molecule has 0 saturated carbocycles. The molecule has 9 heteroatoms. The lowest BCUT2D eigenvalue weighted by molar-refractivity contribution is -0.302. The summed E-state index contributed by atoms with van der Waals surface area (Å²) in [6, 6.07) is -0.727. The number of amides is 1. The van der Waals surface area contributed by atoms with Crippen LogP contribution >= 0.6 is 0 Å². The summed E-state index contributed by atoms with van der Waals surface area (Å²) in [5, 5.41) is 54.3. The summed E-state index contributed by atoms with van der Waals surface area (Å²) in [6.45, 7) is 3.70. The maximum atomic E-state index is 13.0. The Kier molecular flexibility index (Phi) is 34.9. The number of carbonyl (C=O) groups is 1. The van der Waals surface area contributed by atoms with Crippen molar-refractivity contribution in [2.24, 2.45) is 0 Å². The Hall–Kier alpha value is -1.85. The first-order valence-corrected chi connectivity index (χ1v) is 22.8. The zero-order chi connectivity index (χ0) is 40.9. The molecule has 0 aromatic carbocycles. The van der Waals surface area contributed by atoms with Gasteiger partial charge in [-0.1, -0.05) is 178 Å². The first-order valence-electron chi connectivity index (χ1n) is 22.8. The highest BCUT2D eigenvalue weighted by Crippen LogP contribution is 2.23. The Morgan fingerprint density at radius 3 is 1.64 bits per heavy atom. The highest BCUT2D eigenvalue weighted by molar-refractivity contribution is 5.76. The smallest absolute Gasteiger partial charge is 0.220 e. The second-order valence-corrected chi connectivity index (χ2v) is 15.8. The third-order valence-electron chi connectivity index (χ3n) is 10.7. The first-order chi connectivity index (χ1) is 27.3. The molecule has 1 aliphatic heterocycles. The summed E-state index contributed by atoms with van der Waals surface area (Å²) < 4.78 is 11.2. The normalized spacial score (nSPS) is 21.6. The van der Waals surface area contributed by atoms with Crippen LogP contribution in [0.2, 0.25) is 0 Å². The Morgan fingerprint density at radius 2 is 1.11 bits per heavy atom. The maximum absolute atomic E-state index is 13.0. The van der Waals surface area contributed by atoms with Crippen LogP contribution in [0.1, 0.15) is 187 Å². The van der Waals surface area contributed by atoms with Crippen LogP contribution in [-0.4, -0.2) is 87.5 Å². The van der Waals surface area contributed by atoms with Crippen LogP contribution in [0.25, 0.3) is 0 Å². The average Bonchev–Trinajstić information content (AvgIpc) is 3.20. The van der Waals surface area contributed by atoms with Crippen molar-refractivity contribution in [3.8, 4) is 0 Å². The molecule has 56 heavy (non-hydrogen) atoms. The van der Waals surface area contributed by atoms with Crippen molar-refractivity contribution < 1.29 is 39.8 Å². The lowest BCUT2D eigenvalue weighted by atomic mass is 9.99. The Morgan fingerprint density at radius 1 is 0.625 bits per heavy atom. The number of aliphatic hydroxyl groups is 5. The number of carbonyl (C=O) groups excluding carboxylic acids is 1. The summed E-state index contributed by atoms with van der Waals surface area (Å²) in [5.74, 6) is -0.160. The van der Waals surface area contributed by atoms with Crippen LogP contribution in [0, 0.1) is 0 Å². The second kappa shape index (κ2) is 37.4. The van der Waals surface area contributed by atoms with Crippen molar-refractivity contribution in [1.82, 2.24) is 5.32 Å². The standard InChI is InChI=1S/C47H85NO8/c1-3-5-7-9-11-13-15-17-19-20-21-22-23-25-27-29-31-33-35-37-43(51)48-40(39-55-47-46(54)45(53)44(52)42(38-49)56-47)41(50)36-34-32-30-28-26-24-18-16-14-12-10-8-6-4-2/h5,7,11,13,17,19,21-22,40-42,44-47,49-50,52-54H,3-4,6,8-10,12,14-16,18,20,23-39H2,1-2H3,(H,48,51)/b7-5-,13-11-,19-17-,22-21-. The Balaban J connectivity index is 2.34. The van der Waals surface area contributed by atoms with Gasteiger partial charge < -0.3 is 40.3 Å². The molecule has 1 fully saturated rings. The van der Waals surface area contributed by atoms with E-state index in [4.69, 9.17) is 9.47 Å². The molecular formula is C47H85NO8. The van der Waals surface area contributed by atoms with Crippen molar-refractivity contribution in [3.63, 3.8) is 0 Å². The van der Waals surface area contributed by atoms with Gasteiger partial charge in [0.25, 0.3) is 0 Å². The van der Waals surface area contributed by atoms with Gasteiger partial charge in [0.1, 0.15) is 24.4 Å². The van der Waals surface area contributed by atoms with E-state index in [-0.39, 0.29) is 12.5 Å². The molecule has 1 aliphatic rings. The summed E-state index contributed by atoms with van der Waals surface area (Å²) in [6.07, 6.45) is 39.7. The third-order valence-corrected chi connectivity index (χ3v) is 10.7. The predicted molar refractivity (Wildman–Crippen MR) is 230 cm³/mol. The van der Waals surface area contributed by atoms with Crippen LogP contribution in [0.3, 0.4) is 0 Å². The minimum atomic E-state index is -1.56. The monoisotopic (exact) mass is 792 g/mol. The number of hydrogen-bond acceptors (Lipinski definition) is 8. The molecule has 0 aliphatic carbocycles. The number of allylic oxidation sites excluding steroid dienone is 8. The van der Waals surface area contributed by atoms with Gasteiger partial charge in [0, 0.05) is 6.42 Å². The molecule has 1 saturated heterocycles. The van der Waals surface area contributed by atoms with Gasteiger partial charge in [0.15, 0.2) is 6.29 Å². The Labute approximate surface area is 342 Å². The van der Waals surface area contributed by atoms with Gasteiger partial charge in [-0.2, -0.15) is 0 Å². The SMILES string of the molecule is CC/C=C\C/C=C\C/C=C\C/C=C\CCCCCCCCC(=O)NC(COC1OC(CO)C(O)C(O)C1O)C(O)CCCCCCCCCCCCCCCC. The van der Waals surface area contributed by atoms with Gasteiger partial charge in [-0.15, -0.1) is 0 Å². The van der Waals surface area contributed by atoms with E-state index in [2.05, 4.69) is 67.8 Å². The molecule has 0 bridgehead atoms. The highest BCUT2D eigenvalue weighted by atomic mass is 16.7. The fourth-order valence-corrected chi connectivity index (χ4v) is 7.03. The lowest BCUT2D eigenvalue weighted by Crippen LogP contribution is -2.60. The van der Waals surface area contributed by atoms with Gasteiger partial charge in [-0.25, -0.2) is 0 Å². The number of hydrogen-bond donors (Lipinski definition) is 6. The first kappa shape index (κ1) is 52.2. The molecule has 6 N–H and O–H groups in total. The molecule has 0 spiro atoms. The summed E-state index contributed by atoms with van der Waals surface area (Å²) >= 11 is 0. The molecule has 7 unspecified atom stereocenters. The van der Waals surface area contributed by atoms with Crippen molar-refractivity contribution in [1.29, 1.82) is 0 Å². The average molecular weight is 792 g/mol. The van der Waals surface area contributed by atoms with Gasteiger partial charge in [0.05, 0.1) is 25.4 Å². The lowest BCUT2D eigenvalue weighted by Gasteiger charge is -2.40. The Bertz CT molecular complexity index is 1010. The largest absolute Gasteiger partial charge is 0.394 e. The molecule has 9 nitrogen and oxygen atoms in total. The number of rotatable bonds is 37. The van der Waals surface area contributed by atoms with Crippen LogP contribution in [0.5, 0.6) is 0 Å². The zero-order valence-corrected chi connectivity index (χ0v) is 35.6. The van der Waals surface area contributed by atoms with E-state index in [9.17, 15) is 30.3 Å². The second-order valence-electron chi connectivity index (χ2n) is 15.8. The molecule has 0 aromatic heterocycles. The van der Waals surface area contributed by atoms with Crippen LogP contribution < -0.4 is 5.32 Å². The van der Waals surface area contributed by atoms with Gasteiger partial charge in [-0.3, -0.25) is 4.79 Å². The van der Waals surface area contributed by atoms with Gasteiger partial charge in [-0.05, 0) is 51.4 Å². The van der Waals surface area contributed by atoms with E-state index in [0.29, 0.717) is 12.8 Å². The number of aliphatic hydroxyl groups excluding tert-OH is 5. The molecule has 0 radical (unpaired) electrons. The minimum absolute atomic E-state index is 0.145. The zero-order valence-electron chi connectivity index (χ0n) is 35.6. The quantitative estimate of drug-likeness (QED) is 0.0269. The van der Waals surface area contributed by atoms with E-state index in [1.165, 1.54) is 83.5 Å². The summed E-state index contributed by atoms with van der Waals surface area (Å²) in [7, 11) is 0. The van der Waals surface area contributed by atoms with E-state index in [1.807, 2.05) is 0 Å². The third kappa shape index (κ3) is 27.7. The van der Waals surface area contributed by atoms with Gasteiger partial charge >= 0.3 is 0 Å². The van der Waals surface area contributed by atoms with E-state index < -0.39 is 49.5 Å². The van der Waals surface area contributed by atoms with Crippen molar-refractivity contribution >= 4 is 5.91 Å². The predicted octanol–water partition coefficient (Wildman–Crippen LogP) is 9.45. The fourth-order valence-electron chi connectivity index (χ4n) is 7.03. The number of unbranched alkanes of at least 4 members (excludes halogenated alkanes) is 19. The topological polar surface area (TPSA) is 149 Å². The maximum Gasteiger partial charge on any atom is 0.220 e. The molecule has 1 amide bonds. The van der Waals surface area contributed by atoms with Gasteiger partial charge in [0.2, 0.25) is 5.91 Å². The molecular weight excluding hydrogens is 707 g/mol. The van der Waals surface area contributed by atoms with E-state index in [1.54, 1.807) is 0 Å². The van der Waals surface area contributed by atoms with Crippen molar-refractivity contribution in [2.75, 3.05) is 13.2 Å². The number of ether oxygens (including phenoxy) is 2. The van der Waals surface area contributed by atoms with E-state index in [0.717, 1.165) is 77.0 Å². The number of nitrogens with one attached hydrogen (secondary N) is 1. The molecule has 0 aromatic rings. The highest BCUT2D eigenvalue weighted by Gasteiger charge is 2.44. The van der Waals surface area contributed by atoms with E-state index >= 15 is 0 Å². The minimum Gasteiger partial charge on any atom is -0.394 e. The summed E-state index contributed by atoms with van der Waals surface area (Å²) in [4.78, 5) is 13.0. The molecule has 7 atom stereocenters. The van der Waals surface area contributed by atoms with Crippen LogP contribution in [0.15, 0.2) is 48.6 Å². The molecule has 1 heterocycles. The van der Waals surface area contributed by atoms with Crippen LogP contribution in [-0.2, 0) is 14.3 Å². The summed E-state index contributed by atoms with van der Waals surface area (Å²) in [5.41, 5.74) is 0. The van der Waals surface area contributed by atoms with Crippen LogP contribution in [0.4, 0.5) is 0 Å². The van der Waals surface area contributed by atoms with Crippen molar-refractivity contribution in [3.05, 3.63) is 48.6 Å².